The second kappa shape index (κ2) is 5.31. The Morgan fingerprint density at radius 2 is 2.10 bits per heavy atom. The monoisotopic (exact) mass is 300 g/mol. The van der Waals surface area contributed by atoms with Gasteiger partial charge >= 0.3 is 0 Å². The molecule has 2 aromatic heterocycles. The summed E-state index contributed by atoms with van der Waals surface area (Å²) in [4.78, 5) is 0. The second-order valence-electron chi connectivity index (χ2n) is 4.30. The fourth-order valence-electron chi connectivity index (χ4n) is 1.90. The van der Waals surface area contributed by atoms with Crippen LogP contribution in [-0.2, 0) is 28.4 Å². The van der Waals surface area contributed by atoms with Crippen molar-refractivity contribution in [3.05, 3.63) is 11.9 Å². The number of hydrogen-bond acceptors (Lipinski definition) is 6. The van der Waals surface area contributed by atoms with E-state index in [1.54, 1.807) is 24.9 Å². The van der Waals surface area contributed by atoms with Gasteiger partial charge in [-0.05, 0) is 6.92 Å². The summed E-state index contributed by atoms with van der Waals surface area (Å²) in [5.74, 6) is 0.400. The Morgan fingerprint density at radius 1 is 1.40 bits per heavy atom. The first-order valence-corrected chi connectivity index (χ1v) is 7.34. The molecule has 2 N–H and O–H groups in total. The van der Waals surface area contributed by atoms with Gasteiger partial charge in [0.1, 0.15) is 0 Å². The van der Waals surface area contributed by atoms with Crippen LogP contribution in [0.1, 0.15) is 5.69 Å². The lowest BCUT2D eigenvalue weighted by Gasteiger charge is -2.07. The molecule has 2 heterocycles. The Balaban J connectivity index is 2.59. The number of primary sulfonamides is 1. The molecule has 2 aromatic rings. The standard InChI is InChI=1S/C10H16N6O3S/c1-7-8(6-15(2)14-7)9-12-13-10(20(11,17)18)16(9)4-5-19-3/h6H,4-5H2,1-3H3,(H2,11,17,18). The van der Waals surface area contributed by atoms with Crippen LogP contribution in [0.4, 0.5) is 0 Å². The van der Waals surface area contributed by atoms with E-state index in [1.807, 2.05) is 0 Å². The number of nitrogens with two attached hydrogens (primary N) is 1. The van der Waals surface area contributed by atoms with Gasteiger partial charge in [-0.15, -0.1) is 10.2 Å². The van der Waals surface area contributed by atoms with Crippen LogP contribution in [0.2, 0.25) is 0 Å². The van der Waals surface area contributed by atoms with E-state index in [4.69, 9.17) is 9.88 Å². The number of nitrogens with zero attached hydrogens (tertiary/aromatic N) is 5. The summed E-state index contributed by atoms with van der Waals surface area (Å²) in [5.41, 5.74) is 1.42. The molecule has 0 saturated carbocycles. The summed E-state index contributed by atoms with van der Waals surface area (Å²) in [7, 11) is -0.656. The molecule has 110 valence electrons. The van der Waals surface area contributed by atoms with Gasteiger partial charge in [0.2, 0.25) is 0 Å². The van der Waals surface area contributed by atoms with Crippen molar-refractivity contribution in [1.29, 1.82) is 0 Å². The summed E-state index contributed by atoms with van der Waals surface area (Å²) in [6, 6.07) is 0. The summed E-state index contributed by atoms with van der Waals surface area (Å²) < 4.78 is 31.1. The van der Waals surface area contributed by atoms with E-state index in [9.17, 15) is 8.42 Å². The van der Waals surface area contributed by atoms with Gasteiger partial charge in [-0.1, -0.05) is 0 Å². The molecular formula is C10H16N6O3S. The molecule has 0 radical (unpaired) electrons. The number of rotatable bonds is 5. The van der Waals surface area contributed by atoms with Crippen LogP contribution in [0.5, 0.6) is 0 Å². The van der Waals surface area contributed by atoms with Gasteiger partial charge in [0, 0.05) is 20.4 Å². The minimum absolute atomic E-state index is 0.277. The third-order valence-electron chi connectivity index (χ3n) is 2.74. The molecule has 0 amide bonds. The average Bonchev–Trinajstić information content (AvgIpc) is 2.88. The zero-order valence-corrected chi connectivity index (χ0v) is 12.3. The van der Waals surface area contributed by atoms with E-state index in [-0.39, 0.29) is 11.7 Å². The SMILES string of the molecule is COCCn1c(-c2cn(C)nc2C)nnc1S(N)(=O)=O. The molecule has 10 heteroatoms. The summed E-state index contributed by atoms with van der Waals surface area (Å²) in [5, 5.41) is 16.7. The number of aryl methyl sites for hydroxylation is 2. The summed E-state index contributed by atoms with van der Waals surface area (Å²) in [6.45, 7) is 2.40. The van der Waals surface area contributed by atoms with Crippen molar-refractivity contribution in [3.8, 4) is 11.4 Å². The van der Waals surface area contributed by atoms with Crippen LogP contribution in [0.25, 0.3) is 11.4 Å². The van der Waals surface area contributed by atoms with Crippen molar-refractivity contribution in [1.82, 2.24) is 24.5 Å². The topological polar surface area (TPSA) is 118 Å². The Bertz CT molecular complexity index is 717. The normalized spacial score (nSPS) is 12.0. The zero-order valence-electron chi connectivity index (χ0n) is 11.4. The predicted octanol–water partition coefficient (Wildman–Crippen LogP) is -0.719. The first-order chi connectivity index (χ1) is 9.34. The lowest BCUT2D eigenvalue weighted by Crippen LogP contribution is -2.20. The zero-order chi connectivity index (χ0) is 14.9. The smallest absolute Gasteiger partial charge is 0.273 e. The molecule has 2 rings (SSSR count). The van der Waals surface area contributed by atoms with Crippen molar-refractivity contribution in [2.45, 2.75) is 18.6 Å². The minimum Gasteiger partial charge on any atom is -0.383 e. The minimum atomic E-state index is -3.95. The van der Waals surface area contributed by atoms with E-state index in [2.05, 4.69) is 15.3 Å². The fraction of sp³-hybridized carbons (Fsp3) is 0.500. The average molecular weight is 300 g/mol. The molecule has 0 fully saturated rings. The van der Waals surface area contributed by atoms with Crippen molar-refractivity contribution in [2.24, 2.45) is 12.2 Å². The second-order valence-corrected chi connectivity index (χ2v) is 5.75. The van der Waals surface area contributed by atoms with Gasteiger partial charge in [-0.25, -0.2) is 13.6 Å². The molecule has 0 aromatic carbocycles. The number of methoxy groups -OCH3 is 1. The summed E-state index contributed by atoms with van der Waals surface area (Å²) >= 11 is 0. The first kappa shape index (κ1) is 14.6. The van der Waals surface area contributed by atoms with Gasteiger partial charge in [0.15, 0.2) is 5.82 Å². The predicted molar refractivity (Wildman–Crippen MR) is 70.2 cm³/mol. The fourth-order valence-corrected chi connectivity index (χ4v) is 2.54. The van der Waals surface area contributed by atoms with Gasteiger partial charge in [-0.2, -0.15) is 5.10 Å². The maximum Gasteiger partial charge on any atom is 0.273 e. The van der Waals surface area contributed by atoms with Crippen LogP contribution in [0.3, 0.4) is 0 Å². The largest absolute Gasteiger partial charge is 0.383 e. The molecule has 20 heavy (non-hydrogen) atoms. The molecule has 0 unspecified atom stereocenters. The Kier molecular flexibility index (Phi) is 3.88. The van der Waals surface area contributed by atoms with Crippen LogP contribution >= 0.6 is 0 Å². The molecular weight excluding hydrogens is 284 g/mol. The highest BCUT2D eigenvalue weighted by Crippen LogP contribution is 2.22. The summed E-state index contributed by atoms with van der Waals surface area (Å²) in [6.07, 6.45) is 1.75. The molecule has 0 spiro atoms. The highest BCUT2D eigenvalue weighted by molar-refractivity contribution is 7.89. The van der Waals surface area contributed by atoms with Gasteiger partial charge in [0.05, 0.1) is 24.4 Å². The van der Waals surface area contributed by atoms with Crippen LogP contribution in [0, 0.1) is 6.92 Å². The van der Waals surface area contributed by atoms with E-state index < -0.39 is 10.0 Å². The van der Waals surface area contributed by atoms with Gasteiger partial charge < -0.3 is 4.74 Å². The Labute approximate surface area is 116 Å². The van der Waals surface area contributed by atoms with Gasteiger partial charge in [0.25, 0.3) is 15.2 Å². The maximum absolute atomic E-state index is 11.5. The van der Waals surface area contributed by atoms with Crippen molar-refractivity contribution < 1.29 is 13.2 Å². The van der Waals surface area contributed by atoms with Crippen LogP contribution in [0.15, 0.2) is 11.4 Å². The van der Waals surface area contributed by atoms with Gasteiger partial charge in [-0.3, -0.25) is 9.25 Å². The van der Waals surface area contributed by atoms with Crippen molar-refractivity contribution in [2.75, 3.05) is 13.7 Å². The highest BCUT2D eigenvalue weighted by Gasteiger charge is 2.23. The quantitative estimate of drug-likeness (QED) is 0.778. The van der Waals surface area contributed by atoms with Crippen LogP contribution in [-0.4, -0.2) is 46.7 Å². The number of sulfonamides is 1. The van der Waals surface area contributed by atoms with Crippen molar-refractivity contribution in [3.63, 3.8) is 0 Å². The van der Waals surface area contributed by atoms with E-state index in [0.29, 0.717) is 18.0 Å². The number of ether oxygens (including phenoxy) is 1. The number of hydrogen-bond donors (Lipinski definition) is 1. The van der Waals surface area contributed by atoms with Crippen LogP contribution < -0.4 is 5.14 Å². The number of aromatic nitrogens is 5. The lowest BCUT2D eigenvalue weighted by atomic mass is 10.2. The first-order valence-electron chi connectivity index (χ1n) is 5.80. The highest BCUT2D eigenvalue weighted by atomic mass is 32.2. The van der Waals surface area contributed by atoms with E-state index >= 15 is 0 Å². The molecule has 0 atom stereocenters. The molecule has 0 aliphatic carbocycles. The lowest BCUT2D eigenvalue weighted by molar-refractivity contribution is 0.185. The Morgan fingerprint density at radius 3 is 2.60 bits per heavy atom. The third kappa shape index (κ3) is 2.71. The van der Waals surface area contributed by atoms with E-state index in [1.165, 1.54) is 11.7 Å². The molecule has 9 nitrogen and oxygen atoms in total. The van der Waals surface area contributed by atoms with E-state index in [0.717, 1.165) is 5.69 Å². The third-order valence-corrected chi connectivity index (χ3v) is 3.56. The van der Waals surface area contributed by atoms with Crippen molar-refractivity contribution >= 4 is 10.0 Å². The maximum atomic E-state index is 11.5. The molecule has 0 aliphatic heterocycles. The Hall–Kier alpha value is -1.78. The molecule has 0 aliphatic rings. The molecule has 0 bridgehead atoms. The molecule has 0 saturated heterocycles.